The van der Waals surface area contributed by atoms with Gasteiger partial charge in [0, 0.05) is 35.1 Å². The first kappa shape index (κ1) is 18.5. The Morgan fingerprint density at radius 1 is 1.14 bits per heavy atom. The summed E-state index contributed by atoms with van der Waals surface area (Å²) in [6.07, 6.45) is 5.85. The molecule has 1 atom stereocenters. The molecular weight excluding hydrogens is 432 g/mol. The van der Waals surface area contributed by atoms with Gasteiger partial charge in [0.25, 0.3) is 0 Å². The number of fused-ring (bicyclic) bond motifs is 1. The molecule has 0 bridgehead atoms. The zero-order valence-electron chi connectivity index (χ0n) is 15.8. The van der Waals surface area contributed by atoms with E-state index in [1.54, 1.807) is 12.4 Å². The van der Waals surface area contributed by atoms with Crippen LogP contribution >= 0.6 is 15.9 Å². The minimum atomic E-state index is -0.285. The summed E-state index contributed by atoms with van der Waals surface area (Å²) < 4.78 is 0.937. The minimum absolute atomic E-state index is 0.115. The average molecular weight is 453 g/mol. The zero-order chi connectivity index (χ0) is 20.0. The molecule has 2 fully saturated rings. The molecule has 1 unspecified atom stereocenters. The van der Waals surface area contributed by atoms with Crippen LogP contribution in [-0.4, -0.2) is 40.1 Å². The summed E-state index contributed by atoms with van der Waals surface area (Å²) in [5.74, 6) is 1.12. The Hall–Kier alpha value is -2.51. The van der Waals surface area contributed by atoms with Crippen molar-refractivity contribution in [3.8, 4) is 0 Å². The van der Waals surface area contributed by atoms with E-state index in [1.807, 2.05) is 30.3 Å². The third-order valence-electron chi connectivity index (χ3n) is 5.55. The number of β-amino-alcohol motifs (C(OH)–C–C–N with tert-alkyl or cyclic N) is 1. The molecule has 2 N–H and O–H groups in total. The summed E-state index contributed by atoms with van der Waals surface area (Å²) in [6.45, 7) is 1.42. The third kappa shape index (κ3) is 3.72. The molecule has 2 aliphatic rings. The van der Waals surface area contributed by atoms with Crippen LogP contribution in [0.3, 0.4) is 0 Å². The number of Topliss-reactive ketones (excluding diaryl/α,β-unsaturated/α-hetero) is 1. The molecule has 6 nitrogen and oxygen atoms in total. The normalized spacial score (nSPS) is 19.0. The van der Waals surface area contributed by atoms with Gasteiger partial charge >= 0.3 is 0 Å². The van der Waals surface area contributed by atoms with E-state index in [0.717, 1.165) is 58.4 Å². The Balaban J connectivity index is 1.50. The lowest BCUT2D eigenvalue weighted by Crippen LogP contribution is -2.22. The number of ketones is 1. The van der Waals surface area contributed by atoms with Gasteiger partial charge < -0.3 is 15.3 Å². The van der Waals surface area contributed by atoms with Crippen LogP contribution in [-0.2, 0) is 0 Å². The average Bonchev–Trinajstić information content (AvgIpc) is 3.49. The standard InChI is InChI=1S/C22H21BrN4O2/c23-14-3-5-19-17(9-14)21(18(11-24-19)22(29)13-1-2-13)26-15-4-6-20(25-10-15)27-8-7-16(28)12-27/h3-6,9-11,13,16,28H,1-2,7-8,12H2,(H,24,26). The lowest BCUT2D eigenvalue weighted by Gasteiger charge is -2.18. The molecule has 7 heteroatoms. The molecule has 0 radical (unpaired) electrons. The molecule has 3 aromatic rings. The molecule has 2 aromatic heterocycles. The highest BCUT2D eigenvalue weighted by Gasteiger charge is 2.32. The van der Waals surface area contributed by atoms with Gasteiger partial charge in [0.05, 0.1) is 34.8 Å². The van der Waals surface area contributed by atoms with Gasteiger partial charge in [-0.2, -0.15) is 0 Å². The number of halogens is 1. The second-order valence-corrected chi connectivity index (χ2v) is 8.68. The summed E-state index contributed by atoms with van der Waals surface area (Å²) in [6, 6.07) is 9.78. The quantitative estimate of drug-likeness (QED) is 0.561. The van der Waals surface area contributed by atoms with Gasteiger partial charge in [0.15, 0.2) is 5.78 Å². The number of carbonyl (C=O) groups is 1. The molecule has 1 saturated heterocycles. The summed E-state index contributed by atoms with van der Waals surface area (Å²) >= 11 is 3.53. The molecular formula is C22H21BrN4O2. The van der Waals surface area contributed by atoms with Crippen LogP contribution in [0.1, 0.15) is 29.6 Å². The molecule has 1 saturated carbocycles. The van der Waals surface area contributed by atoms with Crippen molar-refractivity contribution in [3.05, 3.63) is 52.8 Å². The topological polar surface area (TPSA) is 78.4 Å². The first-order valence-corrected chi connectivity index (χ1v) is 10.7. The number of hydrogen-bond acceptors (Lipinski definition) is 6. The number of nitrogens with zero attached hydrogens (tertiary/aromatic N) is 3. The number of carbonyl (C=O) groups excluding carboxylic acids is 1. The van der Waals surface area contributed by atoms with Crippen molar-refractivity contribution in [1.82, 2.24) is 9.97 Å². The SMILES string of the molecule is O=C(c1cnc2ccc(Br)cc2c1Nc1ccc(N2CCC(O)C2)nc1)C1CC1. The van der Waals surface area contributed by atoms with Gasteiger partial charge in [-0.25, -0.2) is 4.98 Å². The second kappa shape index (κ2) is 7.39. The number of rotatable bonds is 5. The highest BCUT2D eigenvalue weighted by Crippen LogP contribution is 2.38. The summed E-state index contributed by atoms with van der Waals surface area (Å²) in [4.78, 5) is 24.0. The Labute approximate surface area is 177 Å². The highest BCUT2D eigenvalue weighted by atomic mass is 79.9. The van der Waals surface area contributed by atoms with Crippen molar-refractivity contribution in [1.29, 1.82) is 0 Å². The highest BCUT2D eigenvalue weighted by molar-refractivity contribution is 9.10. The fourth-order valence-electron chi connectivity index (χ4n) is 3.79. The molecule has 0 spiro atoms. The van der Waals surface area contributed by atoms with Crippen molar-refractivity contribution < 1.29 is 9.90 Å². The van der Waals surface area contributed by atoms with Crippen LogP contribution < -0.4 is 10.2 Å². The molecule has 5 rings (SSSR count). The maximum atomic E-state index is 12.9. The molecule has 148 valence electrons. The van der Waals surface area contributed by atoms with Crippen molar-refractivity contribution in [2.24, 2.45) is 5.92 Å². The largest absolute Gasteiger partial charge is 0.391 e. The fraction of sp³-hybridized carbons (Fsp3) is 0.318. The third-order valence-corrected chi connectivity index (χ3v) is 6.04. The van der Waals surface area contributed by atoms with Crippen molar-refractivity contribution in [2.45, 2.75) is 25.4 Å². The number of anilines is 3. The van der Waals surface area contributed by atoms with Gasteiger partial charge in [-0.05, 0) is 49.6 Å². The number of aliphatic hydroxyl groups is 1. The van der Waals surface area contributed by atoms with E-state index in [4.69, 9.17) is 0 Å². The molecule has 3 heterocycles. The maximum absolute atomic E-state index is 12.9. The molecule has 29 heavy (non-hydrogen) atoms. The second-order valence-electron chi connectivity index (χ2n) is 7.77. The predicted molar refractivity (Wildman–Crippen MR) is 117 cm³/mol. The van der Waals surface area contributed by atoms with Gasteiger partial charge in [-0.3, -0.25) is 9.78 Å². The Morgan fingerprint density at radius 3 is 2.69 bits per heavy atom. The van der Waals surface area contributed by atoms with E-state index in [-0.39, 0.29) is 17.8 Å². The monoisotopic (exact) mass is 452 g/mol. The Bertz CT molecular complexity index is 1080. The molecule has 1 aliphatic carbocycles. The Kier molecular flexibility index (Phi) is 4.72. The zero-order valence-corrected chi connectivity index (χ0v) is 17.4. The van der Waals surface area contributed by atoms with Crippen LogP contribution in [0.15, 0.2) is 47.2 Å². The lowest BCUT2D eigenvalue weighted by atomic mass is 10.0. The first-order valence-electron chi connectivity index (χ1n) is 9.87. The van der Waals surface area contributed by atoms with E-state index < -0.39 is 0 Å². The maximum Gasteiger partial charge on any atom is 0.169 e. The van der Waals surface area contributed by atoms with Crippen LogP contribution in [0.4, 0.5) is 17.2 Å². The van der Waals surface area contributed by atoms with Crippen LogP contribution in [0.25, 0.3) is 10.9 Å². The van der Waals surface area contributed by atoms with E-state index in [2.05, 4.69) is 36.1 Å². The molecule has 0 amide bonds. The molecule has 1 aromatic carbocycles. The summed E-state index contributed by atoms with van der Waals surface area (Å²) in [5.41, 5.74) is 3.05. The van der Waals surface area contributed by atoms with Crippen LogP contribution in [0, 0.1) is 5.92 Å². The van der Waals surface area contributed by atoms with Crippen LogP contribution in [0.2, 0.25) is 0 Å². The van der Waals surface area contributed by atoms with Gasteiger partial charge in [0.2, 0.25) is 0 Å². The first-order chi connectivity index (χ1) is 14.1. The summed E-state index contributed by atoms with van der Waals surface area (Å²) in [5, 5.41) is 14.1. The van der Waals surface area contributed by atoms with Crippen molar-refractivity contribution in [2.75, 3.05) is 23.3 Å². The van der Waals surface area contributed by atoms with Crippen molar-refractivity contribution >= 4 is 49.8 Å². The van der Waals surface area contributed by atoms with Gasteiger partial charge in [-0.1, -0.05) is 15.9 Å². The Morgan fingerprint density at radius 2 is 2.00 bits per heavy atom. The van der Waals surface area contributed by atoms with Crippen molar-refractivity contribution in [3.63, 3.8) is 0 Å². The van der Waals surface area contributed by atoms with Gasteiger partial charge in [0.1, 0.15) is 5.82 Å². The fourth-order valence-corrected chi connectivity index (χ4v) is 4.15. The van der Waals surface area contributed by atoms with Crippen LogP contribution in [0.5, 0.6) is 0 Å². The number of aliphatic hydroxyl groups excluding tert-OH is 1. The van der Waals surface area contributed by atoms with Gasteiger partial charge in [-0.15, -0.1) is 0 Å². The number of nitrogens with one attached hydrogen (secondary N) is 1. The minimum Gasteiger partial charge on any atom is -0.391 e. The number of pyridine rings is 2. The molecule has 1 aliphatic heterocycles. The summed E-state index contributed by atoms with van der Waals surface area (Å²) in [7, 11) is 0. The van der Waals surface area contributed by atoms with E-state index >= 15 is 0 Å². The number of benzene rings is 1. The lowest BCUT2D eigenvalue weighted by molar-refractivity contribution is 0.0968. The van der Waals surface area contributed by atoms with E-state index in [0.29, 0.717) is 12.1 Å². The predicted octanol–water partition coefficient (Wildman–Crippen LogP) is 4.30. The van der Waals surface area contributed by atoms with E-state index in [9.17, 15) is 9.90 Å². The van der Waals surface area contributed by atoms with E-state index in [1.165, 1.54) is 0 Å². The number of aromatic nitrogens is 2. The smallest absolute Gasteiger partial charge is 0.169 e. The number of hydrogen-bond donors (Lipinski definition) is 2.